The Morgan fingerprint density at radius 1 is 1.25 bits per heavy atom. The van der Waals surface area contributed by atoms with Gasteiger partial charge in [-0.25, -0.2) is 0 Å². The van der Waals surface area contributed by atoms with Crippen LogP contribution in [0.5, 0.6) is 0 Å². The third kappa shape index (κ3) is 3.33. The first kappa shape index (κ1) is 12.1. The minimum absolute atomic E-state index is 0.494. The number of benzene rings is 1. The predicted molar refractivity (Wildman–Crippen MR) is 72.4 cm³/mol. The van der Waals surface area contributed by atoms with E-state index < -0.39 is 0 Å². The van der Waals surface area contributed by atoms with Crippen LogP contribution in [0.3, 0.4) is 0 Å². The Morgan fingerprint density at radius 2 is 1.94 bits per heavy atom. The van der Waals surface area contributed by atoms with Crippen molar-refractivity contribution in [1.29, 1.82) is 0 Å². The second kappa shape index (κ2) is 4.89. The highest BCUT2D eigenvalue weighted by atomic mass is 79.9. The van der Waals surface area contributed by atoms with Crippen LogP contribution in [0.4, 0.5) is 0 Å². The number of nitrogens with zero attached hydrogens (tertiary/aromatic N) is 1. The van der Waals surface area contributed by atoms with Gasteiger partial charge in [0.15, 0.2) is 0 Å². The summed E-state index contributed by atoms with van der Waals surface area (Å²) in [5.74, 6) is 0. The Labute approximate surface area is 107 Å². The molecule has 1 fully saturated rings. The summed E-state index contributed by atoms with van der Waals surface area (Å²) in [6.45, 7) is 8.32. The fourth-order valence-corrected chi connectivity index (χ4v) is 2.79. The molecule has 16 heavy (non-hydrogen) atoms. The fourth-order valence-electron chi connectivity index (χ4n) is 2.53. The van der Waals surface area contributed by atoms with Gasteiger partial charge in [0.05, 0.1) is 0 Å². The molecule has 1 aliphatic heterocycles. The van der Waals surface area contributed by atoms with Gasteiger partial charge in [-0.05, 0) is 42.5 Å². The quantitative estimate of drug-likeness (QED) is 0.790. The maximum Gasteiger partial charge on any atom is 0.0233 e. The molecule has 1 aliphatic rings. The third-order valence-corrected chi connectivity index (χ3v) is 3.83. The fraction of sp³-hybridized carbons (Fsp3) is 0.571. The molecule has 1 saturated heterocycles. The molecule has 0 N–H and O–H groups in total. The first-order valence-corrected chi connectivity index (χ1v) is 6.81. The maximum atomic E-state index is 3.48. The molecular weight excluding hydrogens is 262 g/mol. The summed E-state index contributed by atoms with van der Waals surface area (Å²) >= 11 is 3.48. The van der Waals surface area contributed by atoms with Crippen molar-refractivity contribution in [3.63, 3.8) is 0 Å². The lowest BCUT2D eigenvalue weighted by Gasteiger charge is -2.38. The van der Waals surface area contributed by atoms with Crippen LogP contribution in [0.2, 0.25) is 0 Å². The lowest BCUT2D eigenvalue weighted by molar-refractivity contribution is 0.111. The standard InChI is InChI=1S/C14H20BrN/c1-14(2)8-3-9-16(11-14)10-12-4-6-13(15)7-5-12/h4-7H,3,8-11H2,1-2H3. The molecule has 1 nitrogen and oxygen atoms in total. The summed E-state index contributed by atoms with van der Waals surface area (Å²) in [6.07, 6.45) is 2.70. The van der Waals surface area contributed by atoms with Crippen LogP contribution in [-0.4, -0.2) is 18.0 Å². The number of halogens is 1. The first-order valence-electron chi connectivity index (χ1n) is 6.02. The average molecular weight is 282 g/mol. The molecule has 0 spiro atoms. The molecule has 0 atom stereocenters. The zero-order valence-electron chi connectivity index (χ0n) is 10.2. The number of likely N-dealkylation sites (tertiary alicyclic amines) is 1. The topological polar surface area (TPSA) is 3.24 Å². The van der Waals surface area contributed by atoms with Gasteiger partial charge >= 0.3 is 0 Å². The van der Waals surface area contributed by atoms with Gasteiger partial charge in [-0.15, -0.1) is 0 Å². The molecule has 0 aliphatic carbocycles. The number of rotatable bonds is 2. The molecule has 0 bridgehead atoms. The van der Waals surface area contributed by atoms with Crippen molar-refractivity contribution in [3.8, 4) is 0 Å². The van der Waals surface area contributed by atoms with Crippen LogP contribution >= 0.6 is 15.9 Å². The summed E-state index contributed by atoms with van der Waals surface area (Å²) in [5.41, 5.74) is 1.91. The van der Waals surface area contributed by atoms with Gasteiger partial charge in [-0.2, -0.15) is 0 Å². The molecule has 0 unspecified atom stereocenters. The Morgan fingerprint density at radius 3 is 2.56 bits per heavy atom. The van der Waals surface area contributed by atoms with Crippen molar-refractivity contribution in [2.24, 2.45) is 5.41 Å². The van der Waals surface area contributed by atoms with E-state index in [9.17, 15) is 0 Å². The molecular formula is C14H20BrN. The van der Waals surface area contributed by atoms with E-state index in [0.29, 0.717) is 5.41 Å². The highest BCUT2D eigenvalue weighted by Crippen LogP contribution is 2.29. The molecule has 0 radical (unpaired) electrons. The van der Waals surface area contributed by atoms with Gasteiger partial charge in [0.2, 0.25) is 0 Å². The van der Waals surface area contributed by atoms with Gasteiger partial charge in [0.1, 0.15) is 0 Å². The Balaban J connectivity index is 1.97. The summed E-state index contributed by atoms with van der Waals surface area (Å²) in [5, 5.41) is 0. The van der Waals surface area contributed by atoms with Crippen molar-refractivity contribution in [1.82, 2.24) is 4.90 Å². The van der Waals surface area contributed by atoms with E-state index in [1.165, 1.54) is 31.5 Å². The van der Waals surface area contributed by atoms with Crippen molar-refractivity contribution in [2.45, 2.75) is 33.2 Å². The van der Waals surface area contributed by atoms with Crippen molar-refractivity contribution < 1.29 is 0 Å². The van der Waals surface area contributed by atoms with E-state index in [-0.39, 0.29) is 0 Å². The molecule has 2 rings (SSSR count). The number of hydrogen-bond acceptors (Lipinski definition) is 1. The maximum absolute atomic E-state index is 3.48. The largest absolute Gasteiger partial charge is 0.299 e. The molecule has 0 amide bonds. The Hall–Kier alpha value is -0.340. The summed E-state index contributed by atoms with van der Waals surface area (Å²) in [6, 6.07) is 8.69. The lowest BCUT2D eigenvalue weighted by Crippen LogP contribution is -2.39. The summed E-state index contributed by atoms with van der Waals surface area (Å²) in [4.78, 5) is 2.58. The predicted octanol–water partition coefficient (Wildman–Crippen LogP) is 4.07. The van der Waals surface area contributed by atoms with Crippen molar-refractivity contribution in [2.75, 3.05) is 13.1 Å². The van der Waals surface area contributed by atoms with E-state index in [1.54, 1.807) is 0 Å². The average Bonchev–Trinajstić information content (AvgIpc) is 2.20. The molecule has 0 saturated carbocycles. The van der Waals surface area contributed by atoms with Crippen molar-refractivity contribution in [3.05, 3.63) is 34.3 Å². The molecule has 1 aromatic rings. The van der Waals surface area contributed by atoms with Crippen LogP contribution < -0.4 is 0 Å². The third-order valence-electron chi connectivity index (χ3n) is 3.30. The van der Waals surface area contributed by atoms with E-state index in [0.717, 1.165) is 11.0 Å². The SMILES string of the molecule is CC1(C)CCCN(Cc2ccc(Br)cc2)C1. The van der Waals surface area contributed by atoms with Gasteiger partial charge in [0.25, 0.3) is 0 Å². The van der Waals surface area contributed by atoms with Crippen LogP contribution in [0.15, 0.2) is 28.7 Å². The molecule has 1 aromatic carbocycles. The van der Waals surface area contributed by atoms with E-state index in [1.807, 2.05) is 0 Å². The summed E-state index contributed by atoms with van der Waals surface area (Å²) < 4.78 is 1.16. The monoisotopic (exact) mass is 281 g/mol. The lowest BCUT2D eigenvalue weighted by atomic mass is 9.84. The van der Waals surface area contributed by atoms with Gasteiger partial charge in [-0.3, -0.25) is 4.90 Å². The van der Waals surface area contributed by atoms with Crippen molar-refractivity contribution >= 4 is 15.9 Å². The second-order valence-corrected chi connectivity index (χ2v) is 6.52. The molecule has 1 heterocycles. The van der Waals surface area contributed by atoms with Crippen LogP contribution in [-0.2, 0) is 6.54 Å². The number of hydrogen-bond donors (Lipinski definition) is 0. The second-order valence-electron chi connectivity index (χ2n) is 5.60. The Kier molecular flexibility index (Phi) is 3.70. The van der Waals surface area contributed by atoms with Gasteiger partial charge in [0, 0.05) is 17.6 Å². The molecule has 88 valence electrons. The van der Waals surface area contributed by atoms with Gasteiger partial charge in [-0.1, -0.05) is 41.9 Å². The van der Waals surface area contributed by atoms with Crippen LogP contribution in [0, 0.1) is 5.41 Å². The Bertz CT molecular complexity index is 342. The molecule has 2 heteroatoms. The van der Waals surface area contributed by atoms with Crippen LogP contribution in [0.25, 0.3) is 0 Å². The minimum atomic E-state index is 0.494. The van der Waals surface area contributed by atoms with Gasteiger partial charge < -0.3 is 0 Å². The zero-order valence-corrected chi connectivity index (χ0v) is 11.8. The van der Waals surface area contributed by atoms with E-state index >= 15 is 0 Å². The first-order chi connectivity index (χ1) is 7.55. The van der Waals surface area contributed by atoms with Crippen LogP contribution in [0.1, 0.15) is 32.3 Å². The molecule has 0 aromatic heterocycles. The highest BCUT2D eigenvalue weighted by molar-refractivity contribution is 9.10. The highest BCUT2D eigenvalue weighted by Gasteiger charge is 2.25. The smallest absolute Gasteiger partial charge is 0.0233 e. The normalized spacial score (nSPS) is 20.9. The number of piperidine rings is 1. The zero-order chi connectivity index (χ0) is 11.6. The van der Waals surface area contributed by atoms with E-state index in [2.05, 4.69) is 58.9 Å². The summed E-state index contributed by atoms with van der Waals surface area (Å²) in [7, 11) is 0. The van der Waals surface area contributed by atoms with E-state index in [4.69, 9.17) is 0 Å². The minimum Gasteiger partial charge on any atom is -0.299 e.